The Bertz CT molecular complexity index is 637. The van der Waals surface area contributed by atoms with Gasteiger partial charge in [0.15, 0.2) is 0 Å². The smallest absolute Gasteiger partial charge is 0.0656 e. The van der Waals surface area contributed by atoms with Gasteiger partial charge in [-0.15, -0.1) is 0 Å². The molecule has 0 spiro atoms. The second-order valence-electron chi connectivity index (χ2n) is 8.17. The van der Waals surface area contributed by atoms with Crippen LogP contribution in [0.1, 0.15) is 76.8 Å². The number of hydrogen-bond acceptors (Lipinski definition) is 1. The molecule has 0 saturated heterocycles. The molecule has 3 rings (SSSR count). The largest absolute Gasteiger partial charge is 0.252 e. The first kappa shape index (κ1) is 15.5. The molecule has 22 heavy (non-hydrogen) atoms. The summed E-state index contributed by atoms with van der Waals surface area (Å²) in [5, 5.41) is 0. The molecule has 2 unspecified atom stereocenters. The zero-order valence-electron chi connectivity index (χ0n) is 14.7. The van der Waals surface area contributed by atoms with Crippen molar-refractivity contribution in [1.82, 2.24) is 4.98 Å². The highest BCUT2D eigenvalue weighted by molar-refractivity contribution is 5.64. The van der Waals surface area contributed by atoms with Gasteiger partial charge in [0, 0.05) is 5.92 Å². The van der Waals surface area contributed by atoms with E-state index in [0.29, 0.717) is 23.2 Å². The van der Waals surface area contributed by atoms with Crippen molar-refractivity contribution >= 4 is 11.6 Å². The molecule has 1 aromatic heterocycles. The molecule has 0 aliphatic heterocycles. The molecule has 0 aromatic carbocycles. The predicted octanol–water partition coefficient (Wildman–Crippen LogP) is 6.08. The molecule has 1 nitrogen and oxygen atoms in total. The minimum absolute atomic E-state index is 0.363. The number of rotatable bonds is 3. The van der Waals surface area contributed by atoms with Crippen molar-refractivity contribution in [3.8, 4) is 0 Å². The summed E-state index contributed by atoms with van der Waals surface area (Å²) < 4.78 is 0. The minimum atomic E-state index is 0.363. The summed E-state index contributed by atoms with van der Waals surface area (Å²) in [5.74, 6) is 1.85. The summed E-state index contributed by atoms with van der Waals surface area (Å²) >= 11 is 0. The zero-order chi connectivity index (χ0) is 16.1. The molecule has 0 N–H and O–H groups in total. The summed E-state index contributed by atoms with van der Waals surface area (Å²) in [6.45, 7) is 15.8. The SMILES string of the molecule is C=C(C)c1ccc2c(n1)C(C(C)C(C)C)[C@@]1(C)CCC(=C2)C1. The van der Waals surface area contributed by atoms with Crippen molar-refractivity contribution in [1.29, 1.82) is 0 Å². The molecular weight excluding hydrogens is 266 g/mol. The molecule has 1 saturated carbocycles. The predicted molar refractivity (Wildman–Crippen MR) is 95.6 cm³/mol. The van der Waals surface area contributed by atoms with Crippen molar-refractivity contribution in [2.45, 2.75) is 59.8 Å². The van der Waals surface area contributed by atoms with Crippen LogP contribution in [0.3, 0.4) is 0 Å². The zero-order valence-corrected chi connectivity index (χ0v) is 14.7. The van der Waals surface area contributed by atoms with Gasteiger partial charge in [0.05, 0.1) is 11.4 Å². The Hall–Kier alpha value is -1.37. The normalized spacial score (nSPS) is 28.1. The standard InChI is InChI=1S/C21H29N/c1-13(2)15(5)19-20-17(7-8-18(22-20)14(3)4)11-16-9-10-21(19,6)12-16/h7-8,11,13,15,19H,3,9-10,12H2,1-2,4-6H3/t15?,19?,21-/m0/s1. The average Bonchev–Trinajstić information content (AvgIpc) is 2.75. The number of hydrogen-bond donors (Lipinski definition) is 0. The highest BCUT2D eigenvalue weighted by Crippen LogP contribution is 2.57. The lowest BCUT2D eigenvalue weighted by atomic mass is 9.65. The van der Waals surface area contributed by atoms with Gasteiger partial charge in [0.1, 0.15) is 0 Å². The highest BCUT2D eigenvalue weighted by atomic mass is 14.8. The van der Waals surface area contributed by atoms with Crippen molar-refractivity contribution in [3.05, 3.63) is 41.2 Å². The highest BCUT2D eigenvalue weighted by Gasteiger charge is 2.45. The molecular formula is C21H29N. The van der Waals surface area contributed by atoms with E-state index in [1.165, 1.54) is 30.5 Å². The van der Waals surface area contributed by atoms with Crippen LogP contribution in [0.25, 0.3) is 11.6 Å². The van der Waals surface area contributed by atoms with Crippen LogP contribution in [0, 0.1) is 17.3 Å². The molecule has 1 heteroatoms. The topological polar surface area (TPSA) is 12.9 Å². The Morgan fingerprint density at radius 3 is 2.68 bits per heavy atom. The van der Waals surface area contributed by atoms with Crippen LogP contribution < -0.4 is 0 Å². The number of nitrogens with zero attached hydrogens (tertiary/aromatic N) is 1. The van der Waals surface area contributed by atoms with Crippen molar-refractivity contribution < 1.29 is 0 Å². The summed E-state index contributed by atoms with van der Waals surface area (Å²) in [6.07, 6.45) is 6.23. The third-order valence-corrected chi connectivity index (χ3v) is 6.03. The number of pyridine rings is 1. The first-order chi connectivity index (χ1) is 10.3. The van der Waals surface area contributed by atoms with E-state index in [-0.39, 0.29) is 0 Å². The third-order valence-electron chi connectivity index (χ3n) is 6.03. The Morgan fingerprint density at radius 2 is 2.05 bits per heavy atom. The maximum atomic E-state index is 5.08. The summed E-state index contributed by atoms with van der Waals surface area (Å²) in [4.78, 5) is 5.08. The molecule has 1 heterocycles. The Morgan fingerprint density at radius 1 is 1.32 bits per heavy atom. The van der Waals surface area contributed by atoms with E-state index in [1.807, 2.05) is 0 Å². The lowest BCUT2D eigenvalue weighted by Gasteiger charge is -2.39. The van der Waals surface area contributed by atoms with Gasteiger partial charge < -0.3 is 0 Å². The van der Waals surface area contributed by atoms with Crippen LogP contribution in [-0.2, 0) is 0 Å². The Kier molecular flexibility index (Phi) is 3.79. The van der Waals surface area contributed by atoms with Crippen molar-refractivity contribution in [3.63, 3.8) is 0 Å². The molecule has 2 bridgehead atoms. The molecule has 118 valence electrons. The van der Waals surface area contributed by atoms with Gasteiger partial charge in [-0.1, -0.05) is 52.0 Å². The maximum Gasteiger partial charge on any atom is 0.0656 e. The fourth-order valence-corrected chi connectivity index (χ4v) is 4.44. The number of fused-ring (bicyclic) bond motifs is 3. The third kappa shape index (κ3) is 2.45. The van der Waals surface area contributed by atoms with Crippen LogP contribution in [0.4, 0.5) is 0 Å². The molecule has 1 aromatic rings. The van der Waals surface area contributed by atoms with Crippen LogP contribution in [0.15, 0.2) is 24.3 Å². The lowest BCUT2D eigenvalue weighted by molar-refractivity contribution is 0.171. The summed E-state index contributed by atoms with van der Waals surface area (Å²) in [6, 6.07) is 4.40. The minimum Gasteiger partial charge on any atom is -0.252 e. The molecule has 0 amide bonds. The van der Waals surface area contributed by atoms with E-state index in [2.05, 4.69) is 59.4 Å². The number of allylic oxidation sites excluding steroid dienone is 2. The van der Waals surface area contributed by atoms with E-state index < -0.39 is 0 Å². The second-order valence-corrected chi connectivity index (χ2v) is 8.17. The Labute approximate surface area is 135 Å². The maximum absolute atomic E-state index is 5.08. The van der Waals surface area contributed by atoms with Crippen LogP contribution in [0.2, 0.25) is 0 Å². The summed E-state index contributed by atoms with van der Waals surface area (Å²) in [5.41, 5.74) is 6.76. The quantitative estimate of drug-likeness (QED) is 0.658. The molecule has 1 fully saturated rings. The van der Waals surface area contributed by atoms with Gasteiger partial charge in [-0.05, 0) is 60.6 Å². The number of aromatic nitrogens is 1. The van der Waals surface area contributed by atoms with Gasteiger partial charge in [-0.2, -0.15) is 0 Å². The van der Waals surface area contributed by atoms with Gasteiger partial charge in [0.25, 0.3) is 0 Å². The van der Waals surface area contributed by atoms with Gasteiger partial charge >= 0.3 is 0 Å². The molecule has 3 atom stereocenters. The monoisotopic (exact) mass is 295 g/mol. The fraction of sp³-hybridized carbons (Fsp3) is 0.571. The van der Waals surface area contributed by atoms with Crippen molar-refractivity contribution in [2.75, 3.05) is 0 Å². The fourth-order valence-electron chi connectivity index (χ4n) is 4.44. The van der Waals surface area contributed by atoms with E-state index >= 15 is 0 Å². The van der Waals surface area contributed by atoms with Crippen LogP contribution >= 0.6 is 0 Å². The average molecular weight is 295 g/mol. The van der Waals surface area contributed by atoms with E-state index in [9.17, 15) is 0 Å². The Balaban J connectivity index is 2.20. The molecule has 2 aliphatic carbocycles. The summed E-state index contributed by atoms with van der Waals surface area (Å²) in [7, 11) is 0. The lowest BCUT2D eigenvalue weighted by Crippen LogP contribution is -2.31. The van der Waals surface area contributed by atoms with E-state index in [4.69, 9.17) is 4.98 Å². The second kappa shape index (κ2) is 5.37. The van der Waals surface area contributed by atoms with E-state index in [0.717, 1.165) is 11.3 Å². The van der Waals surface area contributed by atoms with E-state index in [1.54, 1.807) is 5.57 Å². The van der Waals surface area contributed by atoms with Crippen LogP contribution in [-0.4, -0.2) is 4.98 Å². The van der Waals surface area contributed by atoms with Crippen LogP contribution in [0.5, 0.6) is 0 Å². The molecule has 0 radical (unpaired) electrons. The molecule has 2 aliphatic rings. The van der Waals surface area contributed by atoms with Gasteiger partial charge in [-0.3, -0.25) is 4.98 Å². The van der Waals surface area contributed by atoms with Gasteiger partial charge in [0.2, 0.25) is 0 Å². The van der Waals surface area contributed by atoms with Crippen molar-refractivity contribution in [2.24, 2.45) is 17.3 Å². The van der Waals surface area contributed by atoms with Gasteiger partial charge in [-0.25, -0.2) is 0 Å². The first-order valence-corrected chi connectivity index (χ1v) is 8.68. The first-order valence-electron chi connectivity index (χ1n) is 8.68.